The molecule has 1 aliphatic rings. The Morgan fingerprint density at radius 3 is 2.29 bits per heavy atom. The molecular weight excluding hydrogens is 419 g/mol. The molecule has 152 valence electrons. The van der Waals surface area contributed by atoms with Crippen molar-refractivity contribution in [2.24, 2.45) is 5.92 Å². The summed E-state index contributed by atoms with van der Waals surface area (Å²) in [6.07, 6.45) is 3.92. The third kappa shape index (κ3) is 6.04. The molecule has 1 heterocycles. The molecule has 1 saturated carbocycles. The molecule has 0 bridgehead atoms. The Bertz CT molecular complexity index is 878. The summed E-state index contributed by atoms with van der Waals surface area (Å²) in [5, 5.41) is 13.1. The van der Waals surface area contributed by atoms with E-state index in [1.165, 1.54) is 0 Å². The molecule has 2 aromatic rings. The summed E-state index contributed by atoms with van der Waals surface area (Å²) in [5.74, 6) is 1.24. The van der Waals surface area contributed by atoms with Crippen LogP contribution in [-0.2, 0) is 10.0 Å². The highest BCUT2D eigenvalue weighted by Crippen LogP contribution is 2.28. The largest absolute Gasteiger partial charge is 0.366 e. The van der Waals surface area contributed by atoms with Crippen molar-refractivity contribution >= 4 is 39.0 Å². The van der Waals surface area contributed by atoms with E-state index in [2.05, 4.69) is 20.2 Å². The fraction of sp³-hybridized carbons (Fsp3) is 0.474. The van der Waals surface area contributed by atoms with Crippen molar-refractivity contribution in [1.82, 2.24) is 14.9 Å². The predicted molar refractivity (Wildman–Crippen MR) is 114 cm³/mol. The van der Waals surface area contributed by atoms with E-state index in [0.717, 1.165) is 37.1 Å². The summed E-state index contributed by atoms with van der Waals surface area (Å²) < 4.78 is 25.8. The maximum atomic E-state index is 11.6. The van der Waals surface area contributed by atoms with Gasteiger partial charge in [-0.05, 0) is 68.9 Å². The van der Waals surface area contributed by atoms with Crippen LogP contribution in [0, 0.1) is 5.92 Å². The van der Waals surface area contributed by atoms with Gasteiger partial charge in [-0.1, -0.05) is 23.2 Å². The average Bonchev–Trinajstić information content (AvgIpc) is 2.67. The normalized spacial score (nSPS) is 20.1. The van der Waals surface area contributed by atoms with E-state index in [9.17, 15) is 8.42 Å². The molecule has 1 fully saturated rings. The SMILES string of the molecule is CCS(=O)(=O)NCC1CCC(Nc2ccc(-c3cc(Cl)cc(Cl)c3)nn2)CC1. The van der Waals surface area contributed by atoms with Gasteiger partial charge in [-0.15, -0.1) is 10.2 Å². The van der Waals surface area contributed by atoms with Crippen molar-refractivity contribution in [2.75, 3.05) is 17.6 Å². The number of anilines is 1. The van der Waals surface area contributed by atoms with E-state index >= 15 is 0 Å². The molecular formula is C19H24Cl2N4O2S. The number of benzene rings is 1. The lowest BCUT2D eigenvalue weighted by Gasteiger charge is -2.29. The molecule has 0 saturated heterocycles. The maximum absolute atomic E-state index is 11.6. The summed E-state index contributed by atoms with van der Waals surface area (Å²) in [6.45, 7) is 2.18. The number of sulfonamides is 1. The Balaban J connectivity index is 1.51. The van der Waals surface area contributed by atoms with Crippen LogP contribution in [0.2, 0.25) is 10.0 Å². The van der Waals surface area contributed by atoms with E-state index in [4.69, 9.17) is 23.2 Å². The first-order valence-electron chi connectivity index (χ1n) is 9.38. The summed E-state index contributed by atoms with van der Waals surface area (Å²) in [4.78, 5) is 0. The van der Waals surface area contributed by atoms with Crippen molar-refractivity contribution in [1.29, 1.82) is 0 Å². The molecule has 0 aliphatic heterocycles. The number of halogens is 2. The van der Waals surface area contributed by atoms with Crippen molar-refractivity contribution in [3.8, 4) is 11.3 Å². The zero-order valence-corrected chi connectivity index (χ0v) is 18.0. The molecule has 2 N–H and O–H groups in total. The summed E-state index contributed by atoms with van der Waals surface area (Å²) in [5.41, 5.74) is 1.54. The van der Waals surface area contributed by atoms with Gasteiger partial charge in [0, 0.05) is 28.2 Å². The maximum Gasteiger partial charge on any atom is 0.211 e. The van der Waals surface area contributed by atoms with Gasteiger partial charge in [0.15, 0.2) is 0 Å². The molecule has 0 atom stereocenters. The smallest absolute Gasteiger partial charge is 0.211 e. The van der Waals surface area contributed by atoms with Crippen molar-refractivity contribution < 1.29 is 8.42 Å². The Hall–Kier alpha value is -1.41. The van der Waals surface area contributed by atoms with E-state index in [0.29, 0.717) is 34.2 Å². The first-order valence-corrected chi connectivity index (χ1v) is 11.8. The van der Waals surface area contributed by atoms with Crippen LogP contribution in [0.5, 0.6) is 0 Å². The van der Waals surface area contributed by atoms with E-state index in [1.54, 1.807) is 25.1 Å². The lowest BCUT2D eigenvalue weighted by Crippen LogP contribution is -2.34. The number of nitrogens with one attached hydrogen (secondary N) is 2. The van der Waals surface area contributed by atoms with Crippen LogP contribution in [-0.4, -0.2) is 37.0 Å². The van der Waals surface area contributed by atoms with Crippen molar-refractivity contribution in [2.45, 2.75) is 38.6 Å². The summed E-state index contributed by atoms with van der Waals surface area (Å²) in [6, 6.07) is 9.40. The molecule has 3 rings (SSSR count). The second-order valence-electron chi connectivity index (χ2n) is 7.08. The van der Waals surface area contributed by atoms with Crippen molar-refractivity contribution in [3.05, 3.63) is 40.4 Å². The average molecular weight is 443 g/mol. The summed E-state index contributed by atoms with van der Waals surface area (Å²) in [7, 11) is -3.11. The molecule has 0 unspecified atom stereocenters. The molecule has 1 aromatic carbocycles. The van der Waals surface area contributed by atoms with Crippen LogP contribution < -0.4 is 10.0 Å². The van der Waals surface area contributed by atoms with Crippen LogP contribution in [0.4, 0.5) is 5.82 Å². The molecule has 9 heteroatoms. The lowest BCUT2D eigenvalue weighted by atomic mass is 9.86. The van der Waals surface area contributed by atoms with Gasteiger partial charge in [-0.25, -0.2) is 13.1 Å². The van der Waals surface area contributed by atoms with Crippen molar-refractivity contribution in [3.63, 3.8) is 0 Å². The number of hydrogen-bond donors (Lipinski definition) is 2. The molecule has 1 aliphatic carbocycles. The molecule has 6 nitrogen and oxygen atoms in total. The van der Waals surface area contributed by atoms with Crippen LogP contribution in [0.1, 0.15) is 32.6 Å². The van der Waals surface area contributed by atoms with Gasteiger partial charge < -0.3 is 5.32 Å². The second kappa shape index (κ2) is 9.39. The van der Waals surface area contributed by atoms with Gasteiger partial charge in [0.1, 0.15) is 5.82 Å². The van der Waals surface area contributed by atoms with Gasteiger partial charge in [-0.3, -0.25) is 0 Å². The Morgan fingerprint density at radius 1 is 1.04 bits per heavy atom. The van der Waals surface area contributed by atoms with E-state index in [1.807, 2.05) is 12.1 Å². The van der Waals surface area contributed by atoms with Gasteiger partial charge in [0.25, 0.3) is 0 Å². The molecule has 0 amide bonds. The Morgan fingerprint density at radius 2 is 1.71 bits per heavy atom. The molecule has 0 radical (unpaired) electrons. The van der Waals surface area contributed by atoms with Gasteiger partial charge in [-0.2, -0.15) is 0 Å². The Kier molecular flexibility index (Phi) is 7.15. The number of rotatable bonds is 7. The van der Waals surface area contributed by atoms with Crippen LogP contribution >= 0.6 is 23.2 Å². The molecule has 0 spiro atoms. The van der Waals surface area contributed by atoms with E-state index < -0.39 is 10.0 Å². The highest BCUT2D eigenvalue weighted by atomic mass is 35.5. The van der Waals surface area contributed by atoms with E-state index in [-0.39, 0.29) is 5.75 Å². The van der Waals surface area contributed by atoms with Gasteiger partial charge in [0.2, 0.25) is 10.0 Å². The highest BCUT2D eigenvalue weighted by molar-refractivity contribution is 7.89. The monoisotopic (exact) mass is 442 g/mol. The second-order valence-corrected chi connectivity index (χ2v) is 10.0. The van der Waals surface area contributed by atoms with Gasteiger partial charge >= 0.3 is 0 Å². The fourth-order valence-electron chi connectivity index (χ4n) is 3.33. The first kappa shape index (κ1) is 21.3. The summed E-state index contributed by atoms with van der Waals surface area (Å²) >= 11 is 12.1. The van der Waals surface area contributed by atoms with Crippen LogP contribution in [0.3, 0.4) is 0 Å². The zero-order valence-electron chi connectivity index (χ0n) is 15.7. The minimum atomic E-state index is -3.11. The minimum absolute atomic E-state index is 0.125. The van der Waals surface area contributed by atoms with Crippen LogP contribution in [0.15, 0.2) is 30.3 Å². The number of nitrogens with zero attached hydrogens (tertiary/aromatic N) is 2. The van der Waals surface area contributed by atoms with Gasteiger partial charge in [0.05, 0.1) is 11.4 Å². The van der Waals surface area contributed by atoms with Crippen LogP contribution in [0.25, 0.3) is 11.3 Å². The third-order valence-corrected chi connectivity index (χ3v) is 6.80. The predicted octanol–water partition coefficient (Wildman–Crippen LogP) is 4.36. The highest BCUT2D eigenvalue weighted by Gasteiger charge is 2.22. The quantitative estimate of drug-likeness (QED) is 0.664. The molecule has 1 aromatic heterocycles. The lowest BCUT2D eigenvalue weighted by molar-refractivity contribution is 0.337. The third-order valence-electron chi connectivity index (χ3n) is 4.99. The molecule has 28 heavy (non-hydrogen) atoms. The zero-order chi connectivity index (χ0) is 20.1. The standard InChI is InChI=1S/C19H24Cl2N4O2S/c1-2-28(26,27)22-12-13-3-5-17(6-4-13)23-19-8-7-18(24-25-19)14-9-15(20)11-16(21)10-14/h7-11,13,17,22H,2-6,12H2,1H3,(H,23,25). The first-order chi connectivity index (χ1) is 13.3. The fourth-order valence-corrected chi connectivity index (χ4v) is 4.55. The number of hydrogen-bond acceptors (Lipinski definition) is 5. The minimum Gasteiger partial charge on any atom is -0.366 e. The Labute approximate surface area is 176 Å². The topological polar surface area (TPSA) is 84.0 Å². The number of aromatic nitrogens is 2.